The molecule has 6 N–H and O–H groups in total. The molecule has 1 rings (SSSR count). The summed E-state index contributed by atoms with van der Waals surface area (Å²) < 4.78 is 57.9. The van der Waals surface area contributed by atoms with Gasteiger partial charge in [0.25, 0.3) is 0 Å². The molecule has 0 aromatic rings. The predicted molar refractivity (Wildman–Crippen MR) is 90.3 cm³/mol. The summed E-state index contributed by atoms with van der Waals surface area (Å²) in [5, 5.41) is 0. The number of hydrogen-bond acceptors (Lipinski definition) is 10. The minimum absolute atomic E-state index is 0.300. The van der Waals surface area contributed by atoms with Crippen molar-refractivity contribution < 1.29 is 51.1 Å². The molecule has 1 fully saturated rings. The van der Waals surface area contributed by atoms with E-state index in [0.717, 1.165) is 7.11 Å². The molecule has 14 nitrogen and oxygen atoms in total. The average molecular weight is 450 g/mol. The van der Waals surface area contributed by atoms with Gasteiger partial charge in [-0.3, -0.25) is 9.95 Å². The van der Waals surface area contributed by atoms with E-state index in [9.17, 15) is 28.3 Å². The van der Waals surface area contributed by atoms with Gasteiger partial charge >= 0.3 is 29.8 Å². The normalized spacial score (nSPS) is 28.3. The topological polar surface area (TPSA) is 205 Å². The van der Waals surface area contributed by atoms with Crippen molar-refractivity contribution in [3.05, 3.63) is 0 Å². The van der Waals surface area contributed by atoms with Gasteiger partial charge in [-0.1, -0.05) is 0 Å². The van der Waals surface area contributed by atoms with Crippen LogP contribution in [-0.4, -0.2) is 55.7 Å². The van der Waals surface area contributed by atoms with Gasteiger partial charge in [0, 0.05) is 10.6 Å². The van der Waals surface area contributed by atoms with Gasteiger partial charge in [-0.15, -0.1) is 9.38 Å². The minimum atomic E-state index is -4.99. The lowest BCUT2D eigenvalue weighted by atomic mass is 9.95. The first-order valence-corrected chi connectivity index (χ1v) is 11.6. The first kappa shape index (κ1) is 24.6. The number of nitrogens with two attached hydrogens (primary N) is 1. The number of nitrogens with one attached hydrogen (secondary N) is 2. The number of ether oxygens (including phenoxy) is 2. The fraction of sp³-hybridized carbons (Fsp3) is 0.889. The Morgan fingerprint density at radius 2 is 2.04 bits per heavy atom. The molecule has 1 heterocycles. The van der Waals surface area contributed by atoms with Crippen molar-refractivity contribution in [2.45, 2.75) is 37.5 Å². The number of hydrogen-bond donors (Lipinski definition) is 5. The van der Waals surface area contributed by atoms with Crippen molar-refractivity contribution in [2.24, 2.45) is 5.84 Å². The van der Waals surface area contributed by atoms with E-state index in [0.29, 0.717) is 19.3 Å². The fourth-order valence-corrected chi connectivity index (χ4v) is 5.37. The summed E-state index contributed by atoms with van der Waals surface area (Å²) in [4.78, 5) is 31.7. The second kappa shape index (κ2) is 10.9. The first-order valence-electron chi connectivity index (χ1n) is 7.37. The van der Waals surface area contributed by atoms with Crippen molar-refractivity contribution >= 4 is 37.7 Å². The number of rotatable bonds is 9. The monoisotopic (exact) mass is 450 g/mol. The summed E-state index contributed by atoms with van der Waals surface area (Å²) in [7, 11) is -6.28. The number of carbonyl (C=O) groups is 1. The third kappa shape index (κ3) is 9.55. The smallest absolute Gasteiger partial charge is 0.442 e. The highest BCUT2D eigenvalue weighted by molar-refractivity contribution is 7.69. The van der Waals surface area contributed by atoms with Gasteiger partial charge in [0.05, 0.1) is 13.7 Å². The van der Waals surface area contributed by atoms with Crippen LogP contribution >= 0.6 is 23.7 Å². The van der Waals surface area contributed by atoms with Crippen LogP contribution in [0.15, 0.2) is 0 Å². The lowest BCUT2D eigenvalue weighted by Gasteiger charge is -2.27. The summed E-state index contributed by atoms with van der Waals surface area (Å²) in [6, 6.07) is -0.753. The average Bonchev–Trinajstić information content (AvgIpc) is 2.72. The molecule has 0 aromatic carbocycles. The Morgan fingerprint density at radius 3 is 2.63 bits per heavy atom. The largest absolute Gasteiger partial charge is 0.707 e. The van der Waals surface area contributed by atoms with E-state index in [2.05, 4.69) is 8.83 Å². The van der Waals surface area contributed by atoms with Crippen molar-refractivity contribution in [3.8, 4) is 0 Å². The highest BCUT2D eigenvalue weighted by atomic mass is 31.3. The van der Waals surface area contributed by atoms with Gasteiger partial charge in [0.1, 0.15) is 20.1 Å². The van der Waals surface area contributed by atoms with E-state index in [-0.39, 0.29) is 0 Å². The SMILES string of the molecule is [B][C@H]1CCCC(OC(=O)NN)[C@@H](COP(=O)(O)NP(=O)(O)O[P+](=O)OC)O1. The Bertz CT molecular complexity index is 625. The van der Waals surface area contributed by atoms with Crippen LogP contribution in [0.5, 0.6) is 0 Å². The fourth-order valence-electron chi connectivity index (χ4n) is 2.04. The number of hydrazine groups is 1. The minimum Gasteiger partial charge on any atom is -0.442 e. The molecule has 1 aliphatic rings. The zero-order valence-corrected chi connectivity index (χ0v) is 16.8. The Kier molecular flexibility index (Phi) is 9.97. The summed E-state index contributed by atoms with van der Waals surface area (Å²) in [5.74, 6) is 4.94. The summed E-state index contributed by atoms with van der Waals surface area (Å²) >= 11 is 0. The van der Waals surface area contributed by atoms with E-state index in [1.54, 1.807) is 5.43 Å². The molecular weight excluding hydrogens is 430 g/mol. The van der Waals surface area contributed by atoms with Crippen molar-refractivity contribution in [1.29, 1.82) is 0 Å². The molecular formula is C9H20BN3O11P3+. The van der Waals surface area contributed by atoms with Gasteiger partial charge in [0.2, 0.25) is 0 Å². The molecule has 6 atom stereocenters. The molecule has 27 heavy (non-hydrogen) atoms. The Hall–Kier alpha value is -0.425. The van der Waals surface area contributed by atoms with Crippen LogP contribution in [0.1, 0.15) is 19.3 Å². The zero-order valence-electron chi connectivity index (χ0n) is 14.1. The number of amides is 1. The summed E-state index contributed by atoms with van der Waals surface area (Å²) in [5.41, 5.74) is 1.76. The quantitative estimate of drug-likeness (QED) is 0.104. The second-order valence-electron chi connectivity index (χ2n) is 5.16. The van der Waals surface area contributed by atoms with Gasteiger partial charge in [-0.25, -0.2) is 19.8 Å². The van der Waals surface area contributed by atoms with Crippen LogP contribution < -0.4 is 16.1 Å². The van der Waals surface area contributed by atoms with Crippen LogP contribution in [0.4, 0.5) is 4.79 Å². The molecule has 4 unspecified atom stereocenters. The molecule has 0 aromatic heterocycles. The van der Waals surface area contributed by atoms with Crippen LogP contribution in [0.2, 0.25) is 0 Å². The number of carbonyl (C=O) groups excluding carboxylic acids is 1. The molecule has 0 spiro atoms. The van der Waals surface area contributed by atoms with Gasteiger partial charge in [0.15, 0.2) is 0 Å². The molecule has 0 aliphatic carbocycles. The molecule has 2 radical (unpaired) electrons. The van der Waals surface area contributed by atoms with E-state index in [4.69, 9.17) is 27.7 Å². The van der Waals surface area contributed by atoms with E-state index < -0.39 is 54.7 Å². The third-order valence-corrected chi connectivity index (χ3v) is 7.35. The standard InChI is InChI=1S/C9H19BN3O11P3/c1-20-25(15)24-27(18,19)13-26(16,17)21-5-7-6(23-9(14)12-11)3-2-4-8(10)22-7/h6-8H,2-5,11H2,1H3,(H3-,12,13,14,16,17,18,19)/p+1/t6?,7-,8-/m1/s1. The van der Waals surface area contributed by atoms with Crippen LogP contribution in [0.25, 0.3) is 0 Å². The highest BCUT2D eigenvalue weighted by Crippen LogP contribution is 2.56. The van der Waals surface area contributed by atoms with Crippen molar-refractivity contribution in [3.63, 3.8) is 0 Å². The van der Waals surface area contributed by atoms with Crippen molar-refractivity contribution in [2.75, 3.05) is 13.7 Å². The summed E-state index contributed by atoms with van der Waals surface area (Å²) in [6.45, 7) is -0.645. The maximum atomic E-state index is 11.9. The molecule has 1 saturated heterocycles. The highest BCUT2D eigenvalue weighted by Gasteiger charge is 2.42. The molecule has 1 amide bonds. The predicted octanol–water partition coefficient (Wildman–Crippen LogP) is 0.146. The van der Waals surface area contributed by atoms with Crippen LogP contribution in [-0.2, 0) is 36.5 Å². The summed E-state index contributed by atoms with van der Waals surface area (Å²) in [6.07, 6.45) is -1.70. The van der Waals surface area contributed by atoms with E-state index in [1.807, 2.05) is 0 Å². The Labute approximate surface area is 156 Å². The van der Waals surface area contributed by atoms with Gasteiger partial charge < -0.3 is 19.3 Å². The molecule has 1 aliphatic heterocycles. The Balaban J connectivity index is 2.74. The van der Waals surface area contributed by atoms with Gasteiger partial charge in [-0.05, 0) is 23.6 Å². The first-order chi connectivity index (χ1) is 12.5. The molecule has 0 saturated carbocycles. The van der Waals surface area contributed by atoms with Crippen molar-refractivity contribution in [1.82, 2.24) is 10.3 Å². The molecule has 0 bridgehead atoms. The zero-order chi connectivity index (χ0) is 20.7. The van der Waals surface area contributed by atoms with E-state index in [1.165, 1.54) is 4.86 Å². The lowest BCUT2D eigenvalue weighted by molar-refractivity contribution is -0.0652. The lowest BCUT2D eigenvalue weighted by Crippen LogP contribution is -2.41. The second-order valence-corrected chi connectivity index (χ2v) is 9.76. The molecule has 18 heteroatoms. The van der Waals surface area contributed by atoms with Crippen LogP contribution in [0, 0.1) is 0 Å². The molecule has 154 valence electrons. The van der Waals surface area contributed by atoms with Gasteiger partial charge in [-0.2, -0.15) is 0 Å². The maximum Gasteiger partial charge on any atom is 0.707 e. The third-order valence-electron chi connectivity index (χ3n) is 3.11. The van der Waals surface area contributed by atoms with Crippen LogP contribution in [0.3, 0.4) is 0 Å². The maximum absolute atomic E-state index is 11.9. The Morgan fingerprint density at radius 1 is 1.37 bits per heavy atom. The van der Waals surface area contributed by atoms with E-state index >= 15 is 0 Å².